The van der Waals surface area contributed by atoms with Gasteiger partial charge in [0.1, 0.15) is 0 Å². The van der Waals surface area contributed by atoms with Crippen LogP contribution in [-0.4, -0.2) is 4.57 Å². The first kappa shape index (κ1) is 23.7. The van der Waals surface area contributed by atoms with E-state index in [1.165, 1.54) is 72.0 Å². The molecule has 1 nitrogen and oxygen atoms in total. The Morgan fingerprint density at radius 1 is 0.667 bits per heavy atom. The Bertz CT molecular complexity index is 1900. The molecule has 0 saturated carbocycles. The van der Waals surface area contributed by atoms with Gasteiger partial charge in [0.05, 0.1) is 16.7 Å². The van der Waals surface area contributed by atoms with Crippen LogP contribution in [0.2, 0.25) is 0 Å². The van der Waals surface area contributed by atoms with Gasteiger partial charge >= 0.3 is 0 Å². The van der Waals surface area contributed by atoms with Crippen molar-refractivity contribution in [1.82, 2.24) is 4.57 Å². The van der Waals surface area contributed by atoms with Crippen molar-refractivity contribution in [1.29, 1.82) is 0 Å². The normalized spacial score (nSPS) is 14.1. The van der Waals surface area contributed by atoms with Crippen LogP contribution >= 0.6 is 0 Å². The average Bonchev–Trinajstić information content (AvgIpc) is 3.31. The molecule has 1 heteroatoms. The molecular weight excluding hydrogens is 470 g/mol. The Morgan fingerprint density at radius 2 is 1.31 bits per heavy atom. The van der Waals surface area contributed by atoms with Crippen molar-refractivity contribution in [2.75, 3.05) is 0 Å². The number of benzene rings is 5. The number of nitrogens with zero attached hydrogens (tertiary/aromatic N) is 1. The molecule has 1 aliphatic rings. The first-order chi connectivity index (χ1) is 19.0. The van der Waals surface area contributed by atoms with Crippen LogP contribution in [0, 0.1) is 0 Å². The fourth-order valence-electron chi connectivity index (χ4n) is 6.64. The molecule has 0 bridgehead atoms. The van der Waals surface area contributed by atoms with Gasteiger partial charge in [-0.25, -0.2) is 0 Å². The monoisotopic (exact) mass is 503 g/mol. The first-order valence-electron chi connectivity index (χ1n) is 14.0. The van der Waals surface area contributed by atoms with Crippen molar-refractivity contribution in [2.24, 2.45) is 0 Å². The summed E-state index contributed by atoms with van der Waals surface area (Å²) in [4.78, 5) is 0. The molecule has 39 heavy (non-hydrogen) atoms. The van der Waals surface area contributed by atoms with E-state index in [0.29, 0.717) is 0 Å². The van der Waals surface area contributed by atoms with E-state index in [1.54, 1.807) is 0 Å². The Balaban J connectivity index is 1.49. The van der Waals surface area contributed by atoms with E-state index in [0.717, 1.165) is 6.42 Å². The quantitative estimate of drug-likeness (QED) is 0.225. The van der Waals surface area contributed by atoms with E-state index in [1.807, 2.05) is 0 Å². The summed E-state index contributed by atoms with van der Waals surface area (Å²) in [7, 11) is 0. The maximum Gasteiger partial charge on any atom is 0.0582 e. The van der Waals surface area contributed by atoms with Crippen LogP contribution in [0.15, 0.2) is 115 Å². The van der Waals surface area contributed by atoms with E-state index >= 15 is 0 Å². The van der Waals surface area contributed by atoms with Crippen LogP contribution in [-0.2, 0) is 5.41 Å². The third-order valence-corrected chi connectivity index (χ3v) is 8.78. The van der Waals surface area contributed by atoms with Crippen LogP contribution < -0.4 is 0 Å². The number of aromatic nitrogens is 1. The summed E-state index contributed by atoms with van der Waals surface area (Å²) in [5.74, 6) is 0. The molecule has 0 spiro atoms. The third-order valence-electron chi connectivity index (χ3n) is 8.78. The molecule has 6 aromatic rings. The van der Waals surface area contributed by atoms with Crippen molar-refractivity contribution < 1.29 is 0 Å². The van der Waals surface area contributed by atoms with E-state index in [2.05, 4.69) is 148 Å². The predicted octanol–water partition coefficient (Wildman–Crippen LogP) is 10.6. The summed E-state index contributed by atoms with van der Waals surface area (Å²) in [5, 5.41) is 2.66. The van der Waals surface area contributed by atoms with Gasteiger partial charge in [-0.05, 0) is 88.2 Å². The van der Waals surface area contributed by atoms with Gasteiger partial charge in [-0.3, -0.25) is 0 Å². The van der Waals surface area contributed by atoms with Gasteiger partial charge in [-0.1, -0.05) is 106 Å². The zero-order valence-corrected chi connectivity index (χ0v) is 23.1. The zero-order chi connectivity index (χ0) is 26.7. The highest BCUT2D eigenvalue weighted by Gasteiger charge is 2.35. The van der Waals surface area contributed by atoms with Gasteiger partial charge in [0.2, 0.25) is 0 Å². The summed E-state index contributed by atoms with van der Waals surface area (Å²) < 4.78 is 2.51. The first-order valence-corrected chi connectivity index (χ1v) is 14.0. The van der Waals surface area contributed by atoms with E-state index in [-0.39, 0.29) is 5.41 Å². The van der Waals surface area contributed by atoms with Gasteiger partial charge in [0.25, 0.3) is 0 Å². The molecule has 7 rings (SSSR count). The average molecular weight is 504 g/mol. The third kappa shape index (κ3) is 3.53. The van der Waals surface area contributed by atoms with Crippen molar-refractivity contribution in [3.8, 4) is 27.9 Å². The molecule has 1 aromatic heterocycles. The van der Waals surface area contributed by atoms with Gasteiger partial charge in [-0.15, -0.1) is 0 Å². The Labute approximate surface area is 231 Å². The smallest absolute Gasteiger partial charge is 0.0582 e. The fourth-order valence-corrected chi connectivity index (χ4v) is 6.64. The molecule has 0 unspecified atom stereocenters. The van der Waals surface area contributed by atoms with E-state index in [9.17, 15) is 0 Å². The SMILES string of the molecule is C/C=C(\CC)c1cc2c3c(c1)c1cc(-c4ccc(-c5ccccc5)cc4)ccc1n3-c1ccccc1C2(C)C. The lowest BCUT2D eigenvalue weighted by molar-refractivity contribution is 0.630. The van der Waals surface area contributed by atoms with E-state index < -0.39 is 0 Å². The summed E-state index contributed by atoms with van der Waals surface area (Å²) in [5.41, 5.74) is 14.3. The van der Waals surface area contributed by atoms with Crippen LogP contribution in [0.25, 0.3) is 55.3 Å². The maximum absolute atomic E-state index is 2.51. The van der Waals surface area contributed by atoms with Crippen molar-refractivity contribution in [3.63, 3.8) is 0 Å². The summed E-state index contributed by atoms with van der Waals surface area (Å²) in [6.45, 7) is 9.18. The van der Waals surface area contributed by atoms with Gasteiger partial charge < -0.3 is 4.57 Å². The number of para-hydroxylation sites is 1. The van der Waals surface area contributed by atoms with Gasteiger partial charge in [-0.2, -0.15) is 0 Å². The van der Waals surface area contributed by atoms with Crippen LogP contribution in [0.4, 0.5) is 0 Å². The zero-order valence-electron chi connectivity index (χ0n) is 23.1. The number of rotatable bonds is 4. The summed E-state index contributed by atoms with van der Waals surface area (Å²) in [6.07, 6.45) is 3.30. The van der Waals surface area contributed by atoms with Crippen molar-refractivity contribution >= 4 is 27.4 Å². The van der Waals surface area contributed by atoms with Gasteiger partial charge in [0, 0.05) is 16.2 Å². The molecule has 0 aliphatic carbocycles. The maximum atomic E-state index is 2.51. The molecule has 2 heterocycles. The highest BCUT2D eigenvalue weighted by Crippen LogP contribution is 2.49. The minimum absolute atomic E-state index is 0.0854. The molecule has 0 amide bonds. The predicted molar refractivity (Wildman–Crippen MR) is 168 cm³/mol. The molecule has 0 atom stereocenters. The standard InChI is InChI=1S/C38H33N/c1-5-25(6-2)30-23-32-31-22-29(28-18-16-27(17-19-28)26-12-8-7-9-13-26)20-21-35(31)39-36-15-11-10-14-33(36)38(3,4)34(24-30)37(32)39/h5,7-24H,6H2,1-4H3/b25-5+. The Morgan fingerprint density at radius 3 is 2.03 bits per heavy atom. The second kappa shape index (κ2) is 8.85. The van der Waals surface area contributed by atoms with Crippen LogP contribution in [0.5, 0.6) is 0 Å². The molecular formula is C38H33N. The highest BCUT2D eigenvalue weighted by atomic mass is 15.0. The topological polar surface area (TPSA) is 4.93 Å². The van der Waals surface area contributed by atoms with Gasteiger partial charge in [0.15, 0.2) is 0 Å². The summed E-state index contributed by atoms with van der Waals surface area (Å²) >= 11 is 0. The molecule has 0 N–H and O–H groups in total. The Hall–Kier alpha value is -4.36. The number of hydrogen-bond acceptors (Lipinski definition) is 0. The molecule has 1 aliphatic heterocycles. The van der Waals surface area contributed by atoms with Crippen LogP contribution in [0.1, 0.15) is 50.8 Å². The lowest BCUT2D eigenvalue weighted by atomic mass is 9.74. The van der Waals surface area contributed by atoms with E-state index in [4.69, 9.17) is 0 Å². The molecule has 190 valence electrons. The minimum Gasteiger partial charge on any atom is -0.309 e. The number of allylic oxidation sites excluding steroid dienone is 2. The van der Waals surface area contributed by atoms with Crippen molar-refractivity contribution in [2.45, 2.75) is 39.5 Å². The molecule has 0 saturated heterocycles. The highest BCUT2D eigenvalue weighted by molar-refractivity contribution is 6.13. The number of fused-ring (bicyclic) bond motifs is 5. The number of hydrogen-bond donors (Lipinski definition) is 0. The molecule has 5 aromatic carbocycles. The lowest BCUT2D eigenvalue weighted by Crippen LogP contribution is -2.26. The molecule has 0 fully saturated rings. The van der Waals surface area contributed by atoms with Crippen LogP contribution in [0.3, 0.4) is 0 Å². The summed E-state index contributed by atoms with van der Waals surface area (Å²) in [6, 6.07) is 40.4. The second-order valence-electron chi connectivity index (χ2n) is 11.2. The lowest BCUT2D eigenvalue weighted by Gasteiger charge is -2.35. The largest absolute Gasteiger partial charge is 0.309 e. The fraction of sp³-hybridized carbons (Fsp3) is 0.158. The minimum atomic E-state index is -0.0854. The Kier molecular flexibility index (Phi) is 5.39. The second-order valence-corrected chi connectivity index (χ2v) is 11.2. The molecule has 0 radical (unpaired) electrons. The van der Waals surface area contributed by atoms with Crippen molar-refractivity contribution in [3.05, 3.63) is 132 Å².